The van der Waals surface area contributed by atoms with E-state index >= 15 is 0 Å². The van der Waals surface area contributed by atoms with Gasteiger partial charge in [-0.15, -0.1) is 11.3 Å². The first kappa shape index (κ1) is 14.1. The van der Waals surface area contributed by atoms with E-state index in [9.17, 15) is 4.79 Å². The SMILES string of the molecule is CC(C)(C)NCC(=O)N1CCc2sccc2C1C1CC1. The molecule has 4 heteroatoms. The lowest BCUT2D eigenvalue weighted by Crippen LogP contribution is -2.48. The Morgan fingerprint density at radius 1 is 1.45 bits per heavy atom. The van der Waals surface area contributed by atoms with Gasteiger partial charge in [0.05, 0.1) is 12.6 Å². The highest BCUT2D eigenvalue weighted by molar-refractivity contribution is 7.10. The Bertz CT molecular complexity index is 499. The molecule has 0 bridgehead atoms. The molecule has 3 rings (SSSR count). The molecule has 1 aliphatic carbocycles. The van der Waals surface area contributed by atoms with Crippen LogP contribution in [0, 0.1) is 5.92 Å². The monoisotopic (exact) mass is 292 g/mol. The lowest BCUT2D eigenvalue weighted by Gasteiger charge is -2.37. The summed E-state index contributed by atoms with van der Waals surface area (Å²) in [4.78, 5) is 16.2. The maximum Gasteiger partial charge on any atom is 0.237 e. The number of fused-ring (bicyclic) bond motifs is 1. The smallest absolute Gasteiger partial charge is 0.237 e. The van der Waals surface area contributed by atoms with Crippen LogP contribution < -0.4 is 5.32 Å². The molecule has 1 unspecified atom stereocenters. The molecule has 1 N–H and O–H groups in total. The zero-order valence-corrected chi connectivity index (χ0v) is 13.4. The average Bonchev–Trinajstić information content (AvgIpc) is 3.10. The number of rotatable bonds is 3. The maximum absolute atomic E-state index is 12.6. The van der Waals surface area contributed by atoms with Crippen molar-refractivity contribution in [3.05, 3.63) is 21.9 Å². The first-order valence-corrected chi connectivity index (χ1v) is 8.44. The number of carbonyl (C=O) groups is 1. The summed E-state index contributed by atoms with van der Waals surface area (Å²) in [6, 6.07) is 2.58. The second kappa shape index (κ2) is 5.15. The third-order valence-electron chi connectivity index (χ3n) is 4.17. The van der Waals surface area contributed by atoms with Crippen molar-refractivity contribution < 1.29 is 4.79 Å². The number of nitrogens with zero attached hydrogens (tertiary/aromatic N) is 1. The van der Waals surface area contributed by atoms with Crippen molar-refractivity contribution in [2.45, 2.75) is 51.6 Å². The van der Waals surface area contributed by atoms with Crippen molar-refractivity contribution >= 4 is 17.2 Å². The highest BCUT2D eigenvalue weighted by Gasteiger charge is 2.41. The minimum Gasteiger partial charge on any atom is -0.334 e. The van der Waals surface area contributed by atoms with Crippen LogP contribution in [-0.2, 0) is 11.2 Å². The first-order valence-electron chi connectivity index (χ1n) is 7.56. The third-order valence-corrected chi connectivity index (χ3v) is 5.17. The van der Waals surface area contributed by atoms with E-state index in [0.717, 1.165) is 13.0 Å². The summed E-state index contributed by atoms with van der Waals surface area (Å²) in [5.74, 6) is 0.955. The highest BCUT2D eigenvalue weighted by Crippen LogP contribution is 2.48. The van der Waals surface area contributed by atoms with Gasteiger partial charge in [0.25, 0.3) is 0 Å². The molecule has 20 heavy (non-hydrogen) atoms. The Morgan fingerprint density at radius 3 is 2.85 bits per heavy atom. The molecule has 1 atom stereocenters. The van der Waals surface area contributed by atoms with Crippen molar-refractivity contribution in [1.82, 2.24) is 10.2 Å². The summed E-state index contributed by atoms with van der Waals surface area (Å²) >= 11 is 1.85. The van der Waals surface area contributed by atoms with Gasteiger partial charge in [0, 0.05) is 17.0 Å². The summed E-state index contributed by atoms with van der Waals surface area (Å²) in [6.45, 7) is 7.65. The van der Waals surface area contributed by atoms with Gasteiger partial charge in [0.1, 0.15) is 0 Å². The van der Waals surface area contributed by atoms with Crippen molar-refractivity contribution in [3.8, 4) is 0 Å². The molecule has 0 radical (unpaired) electrons. The van der Waals surface area contributed by atoms with Crippen LogP contribution in [0.15, 0.2) is 11.4 Å². The zero-order chi connectivity index (χ0) is 14.3. The standard InChI is InChI=1S/C16H24N2OS/c1-16(2,3)17-10-14(19)18-8-6-13-12(7-9-20-13)15(18)11-4-5-11/h7,9,11,15,17H,4-6,8,10H2,1-3H3. The van der Waals surface area contributed by atoms with Crippen LogP contribution in [-0.4, -0.2) is 29.4 Å². The molecule has 2 heterocycles. The summed E-state index contributed by atoms with van der Waals surface area (Å²) in [5, 5.41) is 5.51. The van der Waals surface area contributed by atoms with E-state index in [1.807, 2.05) is 11.3 Å². The Hall–Kier alpha value is -0.870. The van der Waals surface area contributed by atoms with Crippen LogP contribution in [0.5, 0.6) is 0 Å². The minimum atomic E-state index is -0.00589. The molecular formula is C16H24N2OS. The summed E-state index contributed by atoms with van der Waals surface area (Å²) in [5.41, 5.74) is 1.42. The van der Waals surface area contributed by atoms with E-state index in [1.165, 1.54) is 23.3 Å². The van der Waals surface area contributed by atoms with Gasteiger partial charge >= 0.3 is 0 Å². The van der Waals surface area contributed by atoms with E-state index in [4.69, 9.17) is 0 Å². The van der Waals surface area contributed by atoms with Crippen molar-refractivity contribution in [2.75, 3.05) is 13.1 Å². The van der Waals surface area contributed by atoms with E-state index in [1.54, 1.807) is 0 Å². The number of thiophene rings is 1. The van der Waals surface area contributed by atoms with Gasteiger partial charge in [-0.3, -0.25) is 4.79 Å². The molecule has 0 spiro atoms. The Balaban J connectivity index is 1.74. The highest BCUT2D eigenvalue weighted by atomic mass is 32.1. The van der Waals surface area contributed by atoms with Crippen LogP contribution >= 0.6 is 11.3 Å². The molecule has 1 fully saturated rings. The van der Waals surface area contributed by atoms with Crippen LogP contribution in [0.2, 0.25) is 0 Å². The summed E-state index contributed by atoms with van der Waals surface area (Å²) < 4.78 is 0. The van der Waals surface area contributed by atoms with Crippen molar-refractivity contribution in [2.24, 2.45) is 5.92 Å². The number of nitrogens with one attached hydrogen (secondary N) is 1. The summed E-state index contributed by atoms with van der Waals surface area (Å²) in [7, 11) is 0. The predicted molar refractivity (Wildman–Crippen MR) is 83.0 cm³/mol. The Kier molecular flexibility index (Phi) is 3.63. The molecule has 0 saturated heterocycles. The van der Waals surface area contributed by atoms with Crippen molar-refractivity contribution in [3.63, 3.8) is 0 Å². The summed E-state index contributed by atoms with van der Waals surface area (Å²) in [6.07, 6.45) is 3.57. The van der Waals surface area contributed by atoms with Gasteiger partial charge in [0.2, 0.25) is 5.91 Å². The first-order chi connectivity index (χ1) is 9.46. The van der Waals surface area contributed by atoms with Crippen LogP contribution in [0.4, 0.5) is 0 Å². The minimum absolute atomic E-state index is 0.00589. The van der Waals surface area contributed by atoms with Gasteiger partial charge in [-0.25, -0.2) is 0 Å². The average molecular weight is 292 g/mol. The van der Waals surface area contributed by atoms with Gasteiger partial charge in [-0.2, -0.15) is 0 Å². The molecule has 0 aromatic carbocycles. The third kappa shape index (κ3) is 2.91. The fraction of sp³-hybridized carbons (Fsp3) is 0.688. The van der Waals surface area contributed by atoms with E-state index in [0.29, 0.717) is 18.5 Å². The second-order valence-corrected chi connectivity index (χ2v) is 8.02. The molecule has 1 aliphatic heterocycles. The Morgan fingerprint density at radius 2 is 2.20 bits per heavy atom. The quantitative estimate of drug-likeness (QED) is 0.929. The number of carbonyl (C=O) groups excluding carboxylic acids is 1. The van der Waals surface area contributed by atoms with Gasteiger partial charge in [-0.05, 0) is 63.0 Å². The normalized spacial score (nSPS) is 22.8. The van der Waals surface area contributed by atoms with Crippen LogP contribution in [0.1, 0.15) is 50.1 Å². The van der Waals surface area contributed by atoms with Gasteiger partial charge in [-0.1, -0.05) is 0 Å². The molecular weight excluding hydrogens is 268 g/mol. The fourth-order valence-corrected chi connectivity index (χ4v) is 3.90. The maximum atomic E-state index is 12.6. The molecule has 1 aromatic heterocycles. The van der Waals surface area contributed by atoms with E-state index in [-0.39, 0.29) is 11.4 Å². The number of hydrogen-bond donors (Lipinski definition) is 1. The van der Waals surface area contributed by atoms with Crippen LogP contribution in [0.3, 0.4) is 0 Å². The molecule has 2 aliphatic rings. The molecule has 3 nitrogen and oxygen atoms in total. The predicted octanol–water partition coefficient (Wildman–Crippen LogP) is 2.97. The van der Waals surface area contributed by atoms with Gasteiger partial charge in [0.15, 0.2) is 0 Å². The lowest BCUT2D eigenvalue weighted by atomic mass is 9.95. The molecule has 1 aromatic rings. The number of amides is 1. The molecule has 1 saturated carbocycles. The largest absolute Gasteiger partial charge is 0.334 e. The zero-order valence-electron chi connectivity index (χ0n) is 12.6. The Labute approximate surface area is 125 Å². The fourth-order valence-electron chi connectivity index (χ4n) is 2.99. The molecule has 110 valence electrons. The van der Waals surface area contributed by atoms with E-state index < -0.39 is 0 Å². The van der Waals surface area contributed by atoms with Gasteiger partial charge < -0.3 is 10.2 Å². The topological polar surface area (TPSA) is 32.3 Å². The van der Waals surface area contributed by atoms with Crippen molar-refractivity contribution in [1.29, 1.82) is 0 Å². The molecule has 1 amide bonds. The van der Waals surface area contributed by atoms with E-state index in [2.05, 4.69) is 42.4 Å². The second-order valence-electron chi connectivity index (χ2n) is 7.02. The number of hydrogen-bond acceptors (Lipinski definition) is 3. The van der Waals surface area contributed by atoms with Crippen LogP contribution in [0.25, 0.3) is 0 Å². The lowest BCUT2D eigenvalue weighted by molar-refractivity contribution is -0.134.